The summed E-state index contributed by atoms with van der Waals surface area (Å²) in [5, 5.41) is 12.4. The van der Waals surface area contributed by atoms with Crippen molar-refractivity contribution in [1.82, 2.24) is 39.2 Å². The molecule has 0 radical (unpaired) electrons. The number of likely N-dealkylation sites (N-methyl/N-ethyl adjacent to an activating group) is 1. The fourth-order valence-corrected chi connectivity index (χ4v) is 3.19. The summed E-state index contributed by atoms with van der Waals surface area (Å²) in [4.78, 5) is 17.5. The normalized spacial score (nSPS) is 15.0. The third-order valence-electron chi connectivity index (χ3n) is 4.63. The van der Waals surface area contributed by atoms with Crippen LogP contribution < -0.4 is 9.80 Å². The molecule has 0 unspecified atom stereocenters. The van der Waals surface area contributed by atoms with Crippen molar-refractivity contribution in [1.29, 1.82) is 0 Å². The molecule has 1 aliphatic heterocycles. The second kappa shape index (κ2) is 5.10. The standard InChI is InChI=1S/C15H16N10/c1-10-5-12(25-15(20-10)17-8-19-25)22(2)11-6-24(7-11)13-14-21-18-9-23(14)4-3-16-13/h3-5,8-9,11H,6-7H2,1-2H3. The van der Waals surface area contributed by atoms with Gasteiger partial charge in [-0.3, -0.25) is 4.40 Å². The lowest BCUT2D eigenvalue weighted by atomic mass is 10.1. The van der Waals surface area contributed by atoms with E-state index in [1.54, 1.807) is 17.0 Å². The van der Waals surface area contributed by atoms with Crippen molar-refractivity contribution in [3.05, 3.63) is 36.8 Å². The summed E-state index contributed by atoms with van der Waals surface area (Å²) >= 11 is 0. The lowest BCUT2D eigenvalue weighted by Crippen LogP contribution is -2.59. The van der Waals surface area contributed by atoms with Crippen molar-refractivity contribution in [2.45, 2.75) is 13.0 Å². The third kappa shape index (κ3) is 2.10. The summed E-state index contributed by atoms with van der Waals surface area (Å²) in [6.07, 6.45) is 6.84. The quantitative estimate of drug-likeness (QED) is 0.524. The highest BCUT2D eigenvalue weighted by atomic mass is 15.4. The molecule has 25 heavy (non-hydrogen) atoms. The summed E-state index contributed by atoms with van der Waals surface area (Å²) in [7, 11) is 2.07. The van der Waals surface area contributed by atoms with Crippen LogP contribution in [0.1, 0.15) is 5.69 Å². The van der Waals surface area contributed by atoms with E-state index in [4.69, 9.17) is 0 Å². The van der Waals surface area contributed by atoms with Crippen molar-refractivity contribution >= 4 is 23.1 Å². The summed E-state index contributed by atoms with van der Waals surface area (Å²) in [5.74, 6) is 2.47. The van der Waals surface area contributed by atoms with E-state index in [1.807, 2.05) is 23.6 Å². The van der Waals surface area contributed by atoms with Gasteiger partial charge in [-0.05, 0) is 6.92 Å². The summed E-state index contributed by atoms with van der Waals surface area (Å²) in [5.41, 5.74) is 1.70. The number of hydrogen-bond acceptors (Lipinski definition) is 8. The number of aromatic nitrogens is 8. The average Bonchev–Trinajstić information content (AvgIpc) is 3.21. The Morgan fingerprint density at radius 3 is 3.00 bits per heavy atom. The highest BCUT2D eigenvalue weighted by molar-refractivity contribution is 5.65. The fraction of sp³-hybridized carbons (Fsp3) is 0.333. The summed E-state index contributed by atoms with van der Waals surface area (Å²) in [6.45, 7) is 3.68. The molecule has 4 aromatic rings. The molecule has 0 aromatic carbocycles. The van der Waals surface area contributed by atoms with Crippen LogP contribution in [0.2, 0.25) is 0 Å². The van der Waals surface area contributed by atoms with E-state index in [0.29, 0.717) is 11.8 Å². The predicted molar refractivity (Wildman–Crippen MR) is 90.7 cm³/mol. The molecule has 4 aromatic heterocycles. The molecule has 0 atom stereocenters. The zero-order valence-corrected chi connectivity index (χ0v) is 13.9. The van der Waals surface area contributed by atoms with Crippen molar-refractivity contribution in [3.8, 4) is 0 Å². The summed E-state index contributed by atoms with van der Waals surface area (Å²) in [6, 6.07) is 2.38. The molecule has 0 spiro atoms. The average molecular weight is 336 g/mol. The van der Waals surface area contributed by atoms with E-state index >= 15 is 0 Å². The second-order valence-corrected chi connectivity index (χ2v) is 6.21. The largest absolute Gasteiger partial charge is 0.353 e. The zero-order valence-electron chi connectivity index (χ0n) is 13.9. The molecule has 10 heteroatoms. The second-order valence-electron chi connectivity index (χ2n) is 6.21. The molecule has 5 heterocycles. The SMILES string of the molecule is Cc1cc(N(C)C2CN(c3nccn4cnnc34)C2)n2ncnc2n1. The molecular weight excluding hydrogens is 320 g/mol. The molecule has 0 N–H and O–H groups in total. The van der Waals surface area contributed by atoms with Crippen LogP contribution in [0.25, 0.3) is 11.4 Å². The number of anilines is 2. The third-order valence-corrected chi connectivity index (χ3v) is 4.63. The molecule has 0 amide bonds. The van der Waals surface area contributed by atoms with Gasteiger partial charge in [0, 0.05) is 44.3 Å². The predicted octanol–water partition coefficient (Wildman–Crippen LogP) is 0.195. The molecule has 0 aliphatic carbocycles. The van der Waals surface area contributed by atoms with Crippen LogP contribution in [0.4, 0.5) is 11.6 Å². The van der Waals surface area contributed by atoms with Gasteiger partial charge in [0.15, 0.2) is 5.82 Å². The zero-order chi connectivity index (χ0) is 17.0. The van der Waals surface area contributed by atoms with Crippen LogP contribution in [0.5, 0.6) is 0 Å². The smallest absolute Gasteiger partial charge is 0.254 e. The first-order valence-corrected chi connectivity index (χ1v) is 8.00. The van der Waals surface area contributed by atoms with Gasteiger partial charge in [-0.2, -0.15) is 14.6 Å². The van der Waals surface area contributed by atoms with Gasteiger partial charge in [0.25, 0.3) is 5.78 Å². The Labute approximate surface area is 142 Å². The maximum Gasteiger partial charge on any atom is 0.254 e. The minimum absolute atomic E-state index is 0.346. The Morgan fingerprint density at radius 2 is 2.12 bits per heavy atom. The van der Waals surface area contributed by atoms with E-state index in [0.717, 1.165) is 36.1 Å². The van der Waals surface area contributed by atoms with Crippen molar-refractivity contribution < 1.29 is 0 Å². The Kier molecular flexibility index (Phi) is 2.87. The maximum atomic E-state index is 4.47. The monoisotopic (exact) mass is 336 g/mol. The van der Waals surface area contributed by atoms with Gasteiger partial charge >= 0.3 is 0 Å². The minimum atomic E-state index is 0.346. The van der Waals surface area contributed by atoms with Crippen molar-refractivity contribution in [2.75, 3.05) is 29.9 Å². The summed E-state index contributed by atoms with van der Waals surface area (Å²) < 4.78 is 3.65. The lowest BCUT2D eigenvalue weighted by Gasteiger charge is -2.45. The Morgan fingerprint density at radius 1 is 1.24 bits per heavy atom. The Hall–Kier alpha value is -3.30. The topological polar surface area (TPSA) is 92.6 Å². The van der Waals surface area contributed by atoms with Gasteiger partial charge in [-0.25, -0.2) is 9.97 Å². The van der Waals surface area contributed by atoms with E-state index in [-0.39, 0.29) is 0 Å². The van der Waals surface area contributed by atoms with Crippen LogP contribution in [-0.2, 0) is 0 Å². The lowest BCUT2D eigenvalue weighted by molar-refractivity contribution is 0.487. The van der Waals surface area contributed by atoms with E-state index in [9.17, 15) is 0 Å². The molecular formula is C15H16N10. The first-order valence-electron chi connectivity index (χ1n) is 8.00. The van der Waals surface area contributed by atoms with Gasteiger partial charge in [0.05, 0.1) is 6.04 Å². The number of hydrogen-bond donors (Lipinski definition) is 0. The van der Waals surface area contributed by atoms with Gasteiger partial charge < -0.3 is 9.80 Å². The molecule has 0 saturated carbocycles. The number of aryl methyl sites for hydroxylation is 1. The number of fused-ring (bicyclic) bond motifs is 2. The molecule has 1 saturated heterocycles. The molecule has 1 aliphatic rings. The van der Waals surface area contributed by atoms with Crippen molar-refractivity contribution in [3.63, 3.8) is 0 Å². The van der Waals surface area contributed by atoms with Gasteiger partial charge in [0.2, 0.25) is 5.65 Å². The first-order chi connectivity index (χ1) is 12.2. The van der Waals surface area contributed by atoms with Crippen LogP contribution in [0.15, 0.2) is 31.1 Å². The highest BCUT2D eigenvalue weighted by Crippen LogP contribution is 2.27. The van der Waals surface area contributed by atoms with E-state index in [1.165, 1.54) is 6.33 Å². The van der Waals surface area contributed by atoms with Gasteiger partial charge in [-0.15, -0.1) is 10.2 Å². The molecule has 10 nitrogen and oxygen atoms in total. The van der Waals surface area contributed by atoms with Crippen LogP contribution in [0, 0.1) is 6.92 Å². The fourth-order valence-electron chi connectivity index (χ4n) is 3.19. The molecule has 1 fully saturated rings. The van der Waals surface area contributed by atoms with Gasteiger partial charge in [0.1, 0.15) is 18.5 Å². The Bertz CT molecular complexity index is 1060. The van der Waals surface area contributed by atoms with Crippen LogP contribution in [-0.4, -0.2) is 65.3 Å². The number of rotatable bonds is 3. The molecule has 0 bridgehead atoms. The maximum absolute atomic E-state index is 4.47. The van der Waals surface area contributed by atoms with Crippen molar-refractivity contribution in [2.24, 2.45) is 0 Å². The molecule has 5 rings (SSSR count). The minimum Gasteiger partial charge on any atom is -0.353 e. The highest BCUT2D eigenvalue weighted by Gasteiger charge is 2.33. The number of nitrogens with zero attached hydrogens (tertiary/aromatic N) is 10. The van der Waals surface area contributed by atoms with Crippen LogP contribution >= 0.6 is 0 Å². The van der Waals surface area contributed by atoms with E-state index in [2.05, 4.69) is 47.1 Å². The van der Waals surface area contributed by atoms with E-state index < -0.39 is 0 Å². The Balaban J connectivity index is 1.41. The molecule has 126 valence electrons. The van der Waals surface area contributed by atoms with Gasteiger partial charge in [-0.1, -0.05) is 0 Å². The van der Waals surface area contributed by atoms with Crippen LogP contribution in [0.3, 0.4) is 0 Å². The first kappa shape index (κ1) is 14.1.